The molecule has 0 aliphatic heterocycles. The predicted octanol–water partition coefficient (Wildman–Crippen LogP) is 6.75. The van der Waals surface area contributed by atoms with Gasteiger partial charge < -0.3 is 10.1 Å². The van der Waals surface area contributed by atoms with Crippen molar-refractivity contribution in [1.82, 2.24) is 4.98 Å². The van der Waals surface area contributed by atoms with Crippen LogP contribution in [0.25, 0.3) is 10.9 Å². The third-order valence-electron chi connectivity index (χ3n) is 5.17. The number of nitrogens with one attached hydrogen (secondary N) is 1. The number of fused-ring (bicyclic) bond motifs is 1. The zero-order valence-corrected chi connectivity index (χ0v) is 19.0. The number of ether oxygens (including phenoxy) is 1. The van der Waals surface area contributed by atoms with Crippen LogP contribution in [-0.2, 0) is 15.7 Å². The second-order valence-corrected chi connectivity index (χ2v) is 8.11. The smallest absolute Gasteiger partial charge is 0.417 e. The molecule has 0 radical (unpaired) electrons. The molecule has 35 heavy (non-hydrogen) atoms. The molecular weight excluding hydrogens is 481 g/mol. The summed E-state index contributed by atoms with van der Waals surface area (Å²) >= 11 is 5.67. The number of pyridine rings is 1. The summed E-state index contributed by atoms with van der Waals surface area (Å²) < 4.78 is 45.3. The average molecular weight is 499 g/mol. The average Bonchev–Trinajstić information content (AvgIpc) is 2.82. The van der Waals surface area contributed by atoms with Gasteiger partial charge in [-0.05, 0) is 37.3 Å². The van der Waals surface area contributed by atoms with Gasteiger partial charge in [0.1, 0.15) is 0 Å². The highest BCUT2D eigenvalue weighted by Crippen LogP contribution is 2.36. The number of carbonyl (C=O) groups excluding carboxylic acids is 2. The number of anilines is 1. The summed E-state index contributed by atoms with van der Waals surface area (Å²) in [4.78, 5) is 30.7. The van der Waals surface area contributed by atoms with Crippen molar-refractivity contribution in [2.24, 2.45) is 0 Å². The van der Waals surface area contributed by atoms with E-state index in [0.717, 1.165) is 12.1 Å². The standard InChI is InChI=1S/C26H18ClF3N2O3/c1-15-13-19(18-9-5-6-10-22(18)31-15)25(34)35-23(16-7-3-2-4-8-16)24(33)32-17-11-12-21(27)20(14-17)26(28,29)30/h2-14,23H,1H3,(H,32,33). The van der Waals surface area contributed by atoms with Crippen LogP contribution in [0, 0.1) is 6.92 Å². The Bertz CT molecular complexity index is 1410. The Morgan fingerprint density at radius 1 is 0.971 bits per heavy atom. The van der Waals surface area contributed by atoms with Gasteiger partial charge in [0.2, 0.25) is 6.10 Å². The van der Waals surface area contributed by atoms with Crippen LogP contribution in [0.1, 0.15) is 33.3 Å². The summed E-state index contributed by atoms with van der Waals surface area (Å²) in [6.45, 7) is 1.73. The molecule has 0 bridgehead atoms. The molecule has 0 saturated heterocycles. The molecule has 1 atom stereocenters. The van der Waals surface area contributed by atoms with Gasteiger partial charge in [-0.25, -0.2) is 4.79 Å². The van der Waals surface area contributed by atoms with Gasteiger partial charge in [0.05, 0.1) is 21.7 Å². The van der Waals surface area contributed by atoms with Crippen LogP contribution >= 0.6 is 11.6 Å². The van der Waals surface area contributed by atoms with Crippen LogP contribution in [0.4, 0.5) is 18.9 Å². The maximum absolute atomic E-state index is 13.2. The lowest BCUT2D eigenvalue weighted by molar-refractivity contribution is -0.137. The Kier molecular flexibility index (Phi) is 6.75. The third-order valence-corrected chi connectivity index (χ3v) is 5.50. The van der Waals surface area contributed by atoms with E-state index in [-0.39, 0.29) is 11.3 Å². The van der Waals surface area contributed by atoms with Crippen LogP contribution in [0.15, 0.2) is 78.9 Å². The van der Waals surface area contributed by atoms with Crippen molar-refractivity contribution in [2.45, 2.75) is 19.2 Å². The van der Waals surface area contributed by atoms with Gasteiger partial charge in [0.15, 0.2) is 0 Å². The minimum absolute atomic E-state index is 0.145. The van der Waals surface area contributed by atoms with Crippen LogP contribution in [-0.4, -0.2) is 16.9 Å². The summed E-state index contributed by atoms with van der Waals surface area (Å²) in [6, 6.07) is 19.7. The minimum Gasteiger partial charge on any atom is -0.444 e. The largest absolute Gasteiger partial charge is 0.444 e. The van der Waals surface area contributed by atoms with Crippen LogP contribution in [0.3, 0.4) is 0 Å². The Morgan fingerprint density at radius 3 is 2.37 bits per heavy atom. The molecule has 4 aromatic rings. The van der Waals surface area contributed by atoms with Crippen molar-refractivity contribution in [3.05, 3.63) is 106 Å². The van der Waals surface area contributed by atoms with Crippen molar-refractivity contribution >= 4 is 40.1 Å². The molecule has 1 aromatic heterocycles. The summed E-state index contributed by atoms with van der Waals surface area (Å²) in [7, 11) is 0. The number of benzene rings is 3. The van der Waals surface area contributed by atoms with Crippen LogP contribution < -0.4 is 5.32 Å². The number of carbonyl (C=O) groups is 2. The summed E-state index contributed by atoms with van der Waals surface area (Å²) in [5.41, 5.74) is 0.488. The first kappa shape index (κ1) is 24.2. The molecule has 1 heterocycles. The van der Waals surface area contributed by atoms with Gasteiger partial charge in [-0.1, -0.05) is 60.1 Å². The first-order valence-electron chi connectivity index (χ1n) is 10.4. The quantitative estimate of drug-likeness (QED) is 0.309. The van der Waals surface area contributed by atoms with E-state index in [1.54, 1.807) is 67.6 Å². The minimum atomic E-state index is -4.70. The fourth-order valence-electron chi connectivity index (χ4n) is 3.58. The molecule has 0 saturated carbocycles. The molecule has 0 aliphatic rings. The Hall–Kier alpha value is -3.91. The summed E-state index contributed by atoms with van der Waals surface area (Å²) in [6.07, 6.45) is -6.13. The van der Waals surface area contributed by atoms with Gasteiger partial charge in [0.25, 0.3) is 5.91 Å². The molecular formula is C26H18ClF3N2O3. The Morgan fingerprint density at radius 2 is 1.66 bits per heavy atom. The van der Waals surface area contributed by atoms with E-state index in [9.17, 15) is 22.8 Å². The number of halogens is 4. The fraction of sp³-hybridized carbons (Fsp3) is 0.115. The molecule has 5 nitrogen and oxygen atoms in total. The van der Waals surface area contributed by atoms with E-state index in [1.165, 1.54) is 6.07 Å². The van der Waals surface area contributed by atoms with Crippen molar-refractivity contribution < 1.29 is 27.5 Å². The maximum atomic E-state index is 13.2. The van der Waals surface area contributed by atoms with Crippen LogP contribution in [0.2, 0.25) is 5.02 Å². The molecule has 0 fully saturated rings. The van der Waals surface area contributed by atoms with Crippen molar-refractivity contribution in [1.29, 1.82) is 0 Å². The molecule has 4 rings (SSSR count). The highest BCUT2D eigenvalue weighted by molar-refractivity contribution is 6.31. The van der Waals surface area contributed by atoms with Gasteiger partial charge in [-0.2, -0.15) is 13.2 Å². The molecule has 1 N–H and O–H groups in total. The molecule has 1 amide bonds. The molecule has 0 spiro atoms. The number of para-hydroxylation sites is 1. The van der Waals surface area contributed by atoms with E-state index < -0.39 is 34.7 Å². The zero-order valence-electron chi connectivity index (χ0n) is 18.3. The molecule has 178 valence electrons. The van der Waals surface area contributed by atoms with E-state index in [1.807, 2.05) is 0 Å². The SMILES string of the molecule is Cc1cc(C(=O)OC(C(=O)Nc2ccc(Cl)c(C(F)(F)F)c2)c2ccccc2)c2ccccc2n1. The number of rotatable bonds is 5. The Labute approximate surface area is 203 Å². The third kappa shape index (κ3) is 5.44. The molecule has 3 aromatic carbocycles. The van der Waals surface area contributed by atoms with E-state index >= 15 is 0 Å². The Balaban J connectivity index is 1.67. The number of aryl methyl sites for hydroxylation is 1. The number of aromatic nitrogens is 1. The number of nitrogens with zero attached hydrogens (tertiary/aromatic N) is 1. The predicted molar refractivity (Wildman–Crippen MR) is 126 cm³/mol. The highest BCUT2D eigenvalue weighted by atomic mass is 35.5. The lowest BCUT2D eigenvalue weighted by atomic mass is 10.1. The van der Waals surface area contributed by atoms with Crippen molar-refractivity contribution in [3.63, 3.8) is 0 Å². The molecule has 9 heteroatoms. The monoisotopic (exact) mass is 498 g/mol. The maximum Gasteiger partial charge on any atom is 0.417 e. The first-order valence-corrected chi connectivity index (χ1v) is 10.8. The summed E-state index contributed by atoms with van der Waals surface area (Å²) in [5, 5.41) is 2.44. The van der Waals surface area contributed by atoms with E-state index in [4.69, 9.17) is 16.3 Å². The number of hydrogen-bond acceptors (Lipinski definition) is 4. The number of alkyl halides is 3. The van der Waals surface area contributed by atoms with Gasteiger partial charge in [-0.3, -0.25) is 9.78 Å². The van der Waals surface area contributed by atoms with Crippen molar-refractivity contribution in [2.75, 3.05) is 5.32 Å². The fourth-order valence-corrected chi connectivity index (χ4v) is 3.80. The lowest BCUT2D eigenvalue weighted by Crippen LogP contribution is -2.26. The highest BCUT2D eigenvalue weighted by Gasteiger charge is 2.34. The van der Waals surface area contributed by atoms with Gasteiger partial charge in [-0.15, -0.1) is 0 Å². The normalized spacial score (nSPS) is 12.3. The second kappa shape index (κ2) is 9.76. The topological polar surface area (TPSA) is 68.3 Å². The number of esters is 1. The van der Waals surface area contributed by atoms with Crippen LogP contribution in [0.5, 0.6) is 0 Å². The molecule has 1 unspecified atom stereocenters. The lowest BCUT2D eigenvalue weighted by Gasteiger charge is -2.19. The number of hydrogen-bond donors (Lipinski definition) is 1. The first-order chi connectivity index (χ1) is 16.6. The van der Waals surface area contributed by atoms with Crippen molar-refractivity contribution in [3.8, 4) is 0 Å². The zero-order chi connectivity index (χ0) is 25.2. The van der Waals surface area contributed by atoms with Gasteiger partial charge >= 0.3 is 12.1 Å². The second-order valence-electron chi connectivity index (χ2n) is 7.71. The summed E-state index contributed by atoms with van der Waals surface area (Å²) in [5.74, 6) is -1.60. The number of amides is 1. The molecule has 0 aliphatic carbocycles. The van der Waals surface area contributed by atoms with E-state index in [2.05, 4.69) is 10.3 Å². The van der Waals surface area contributed by atoms with E-state index in [0.29, 0.717) is 22.2 Å². The van der Waals surface area contributed by atoms with Gasteiger partial charge in [0, 0.05) is 22.3 Å².